The molecule has 3 rings (SSSR count). The monoisotopic (exact) mass is 362 g/mol. The lowest BCUT2D eigenvalue weighted by atomic mass is 9.98. The van der Waals surface area contributed by atoms with Gasteiger partial charge in [-0.25, -0.2) is 0 Å². The van der Waals surface area contributed by atoms with Crippen LogP contribution in [-0.2, 0) is 0 Å². The lowest BCUT2D eigenvalue weighted by molar-refractivity contribution is 0.870. The Morgan fingerprint density at radius 3 is 2.26 bits per heavy atom. The third kappa shape index (κ3) is 2.37. The van der Waals surface area contributed by atoms with Gasteiger partial charge in [-0.3, -0.25) is 0 Å². The molecular formula is C14H11IN4. The molecule has 0 amide bonds. The smallest absolute Gasteiger partial charge is 0.163 e. The highest BCUT2D eigenvalue weighted by Crippen LogP contribution is 2.31. The van der Waals surface area contributed by atoms with Crippen LogP contribution >= 0.6 is 22.9 Å². The number of rotatable bonds is 2. The van der Waals surface area contributed by atoms with Crippen molar-refractivity contribution in [1.29, 1.82) is 0 Å². The van der Waals surface area contributed by atoms with E-state index in [1.807, 2.05) is 18.2 Å². The molecule has 0 N–H and O–H groups in total. The standard InChI is InChI=1S/C14H11IN4/c1-10-6-8-11(9-7-10)12-4-2-3-5-13(12)14-16-17-18-19(14)15/h2-9H,1H3. The molecule has 0 aliphatic heterocycles. The van der Waals surface area contributed by atoms with Gasteiger partial charge in [0.1, 0.15) is 0 Å². The van der Waals surface area contributed by atoms with E-state index in [1.54, 1.807) is 2.90 Å². The summed E-state index contributed by atoms with van der Waals surface area (Å²) in [6.45, 7) is 2.08. The van der Waals surface area contributed by atoms with Gasteiger partial charge >= 0.3 is 0 Å². The Morgan fingerprint density at radius 1 is 0.947 bits per heavy atom. The van der Waals surface area contributed by atoms with Crippen molar-refractivity contribution in [1.82, 2.24) is 18.4 Å². The quantitative estimate of drug-likeness (QED) is 0.656. The van der Waals surface area contributed by atoms with Gasteiger partial charge in [0.05, 0.1) is 22.9 Å². The van der Waals surface area contributed by atoms with E-state index in [4.69, 9.17) is 0 Å². The zero-order chi connectivity index (χ0) is 13.2. The van der Waals surface area contributed by atoms with Crippen LogP contribution in [0.4, 0.5) is 0 Å². The Morgan fingerprint density at radius 2 is 1.63 bits per heavy atom. The number of halogens is 1. The first-order valence-corrected chi connectivity index (χ1v) is 6.83. The summed E-state index contributed by atoms with van der Waals surface area (Å²) in [5.41, 5.74) is 4.58. The lowest BCUT2D eigenvalue weighted by Gasteiger charge is -2.08. The maximum absolute atomic E-state index is 4.08. The zero-order valence-corrected chi connectivity index (χ0v) is 12.4. The molecule has 0 aliphatic carbocycles. The summed E-state index contributed by atoms with van der Waals surface area (Å²) in [6.07, 6.45) is 0. The molecule has 0 atom stereocenters. The summed E-state index contributed by atoms with van der Waals surface area (Å²) < 4.78 is 1.66. The summed E-state index contributed by atoms with van der Waals surface area (Å²) in [5.74, 6) is 0.761. The van der Waals surface area contributed by atoms with Crippen molar-refractivity contribution in [2.45, 2.75) is 6.92 Å². The summed E-state index contributed by atoms with van der Waals surface area (Å²) in [5, 5.41) is 11.7. The third-order valence-electron chi connectivity index (χ3n) is 2.96. The molecule has 5 heteroatoms. The van der Waals surface area contributed by atoms with Crippen molar-refractivity contribution in [2.75, 3.05) is 0 Å². The average Bonchev–Trinajstić information content (AvgIpc) is 2.86. The van der Waals surface area contributed by atoms with E-state index < -0.39 is 0 Å². The van der Waals surface area contributed by atoms with E-state index in [2.05, 4.69) is 75.6 Å². The lowest BCUT2D eigenvalue weighted by Crippen LogP contribution is -1.91. The summed E-state index contributed by atoms with van der Waals surface area (Å²) in [4.78, 5) is 0. The van der Waals surface area contributed by atoms with Crippen molar-refractivity contribution in [3.63, 3.8) is 0 Å². The molecule has 0 bridgehead atoms. The van der Waals surface area contributed by atoms with Crippen molar-refractivity contribution in [3.05, 3.63) is 54.1 Å². The second kappa shape index (κ2) is 5.08. The van der Waals surface area contributed by atoms with Crippen LogP contribution < -0.4 is 0 Å². The van der Waals surface area contributed by atoms with Crippen LogP contribution in [0.2, 0.25) is 0 Å². The Kier molecular flexibility index (Phi) is 3.29. The van der Waals surface area contributed by atoms with Crippen molar-refractivity contribution in [2.24, 2.45) is 0 Å². The predicted molar refractivity (Wildman–Crippen MR) is 82.8 cm³/mol. The predicted octanol–water partition coefficient (Wildman–Crippen LogP) is 3.51. The maximum Gasteiger partial charge on any atom is 0.192 e. The Bertz CT molecular complexity index is 703. The molecule has 19 heavy (non-hydrogen) atoms. The van der Waals surface area contributed by atoms with Crippen LogP contribution in [-0.4, -0.2) is 18.4 Å². The molecule has 2 aromatic carbocycles. The molecule has 94 valence electrons. The first-order valence-electron chi connectivity index (χ1n) is 5.86. The van der Waals surface area contributed by atoms with Crippen LogP contribution in [0.3, 0.4) is 0 Å². The van der Waals surface area contributed by atoms with Crippen molar-refractivity contribution < 1.29 is 0 Å². The molecule has 0 unspecified atom stereocenters. The van der Waals surface area contributed by atoms with E-state index in [1.165, 1.54) is 11.1 Å². The van der Waals surface area contributed by atoms with Gasteiger partial charge in [-0.05, 0) is 28.5 Å². The normalized spacial score (nSPS) is 10.6. The zero-order valence-electron chi connectivity index (χ0n) is 10.3. The number of hydrogen-bond acceptors (Lipinski definition) is 3. The molecule has 0 fully saturated rings. The fourth-order valence-corrected chi connectivity index (χ4v) is 2.44. The second-order valence-corrected chi connectivity index (χ2v) is 5.19. The number of tetrazole rings is 1. The topological polar surface area (TPSA) is 43.6 Å². The first-order chi connectivity index (χ1) is 9.25. The van der Waals surface area contributed by atoms with Crippen LogP contribution in [0.25, 0.3) is 22.5 Å². The number of benzene rings is 2. The molecule has 0 saturated carbocycles. The van der Waals surface area contributed by atoms with Crippen LogP contribution in [0.15, 0.2) is 48.5 Å². The molecule has 0 radical (unpaired) electrons. The summed E-state index contributed by atoms with van der Waals surface area (Å²) in [6, 6.07) is 16.6. The van der Waals surface area contributed by atoms with Gasteiger partial charge in [-0.2, -0.15) is 2.90 Å². The minimum Gasteiger partial charge on any atom is -0.163 e. The van der Waals surface area contributed by atoms with E-state index >= 15 is 0 Å². The van der Waals surface area contributed by atoms with Gasteiger partial charge < -0.3 is 0 Å². The van der Waals surface area contributed by atoms with E-state index in [-0.39, 0.29) is 0 Å². The largest absolute Gasteiger partial charge is 0.192 e. The Balaban J connectivity index is 2.18. The minimum atomic E-state index is 0.761. The first kappa shape index (κ1) is 12.3. The van der Waals surface area contributed by atoms with Gasteiger partial charge in [0.15, 0.2) is 5.82 Å². The van der Waals surface area contributed by atoms with Gasteiger partial charge in [0.25, 0.3) is 0 Å². The van der Waals surface area contributed by atoms with Gasteiger partial charge in [0.2, 0.25) is 0 Å². The SMILES string of the molecule is Cc1ccc(-c2ccccc2-c2nnnn2I)cc1. The van der Waals surface area contributed by atoms with Crippen molar-refractivity contribution in [3.8, 4) is 22.5 Å². The third-order valence-corrected chi connectivity index (χ3v) is 3.61. The molecule has 1 aromatic heterocycles. The molecule has 0 aliphatic rings. The highest BCUT2D eigenvalue weighted by atomic mass is 127. The Hall–Kier alpha value is -1.76. The van der Waals surface area contributed by atoms with E-state index in [0.717, 1.165) is 17.0 Å². The highest BCUT2D eigenvalue weighted by Gasteiger charge is 2.12. The fraction of sp³-hybridized carbons (Fsp3) is 0.0714. The number of aryl methyl sites for hydroxylation is 1. The maximum atomic E-state index is 4.08. The van der Waals surface area contributed by atoms with Gasteiger partial charge in [0, 0.05) is 5.56 Å². The van der Waals surface area contributed by atoms with Gasteiger partial charge in [-0.1, -0.05) is 54.1 Å². The molecule has 0 spiro atoms. The van der Waals surface area contributed by atoms with Crippen molar-refractivity contribution >= 4 is 22.9 Å². The highest BCUT2D eigenvalue weighted by molar-refractivity contribution is 14.1. The Labute approximate surface area is 125 Å². The summed E-state index contributed by atoms with van der Waals surface area (Å²) >= 11 is 2.08. The van der Waals surface area contributed by atoms with Gasteiger partial charge in [-0.15, -0.1) is 5.10 Å². The molecule has 0 saturated heterocycles. The molecule has 3 aromatic rings. The van der Waals surface area contributed by atoms with Crippen LogP contribution in [0.1, 0.15) is 5.56 Å². The average molecular weight is 362 g/mol. The van der Waals surface area contributed by atoms with Crippen LogP contribution in [0.5, 0.6) is 0 Å². The second-order valence-electron chi connectivity index (χ2n) is 4.27. The van der Waals surface area contributed by atoms with E-state index in [9.17, 15) is 0 Å². The minimum absolute atomic E-state index is 0.761. The fourth-order valence-electron chi connectivity index (χ4n) is 1.99. The van der Waals surface area contributed by atoms with Crippen LogP contribution in [0, 0.1) is 6.92 Å². The number of aromatic nitrogens is 4. The number of nitrogens with zero attached hydrogens (tertiary/aromatic N) is 4. The molecular weight excluding hydrogens is 351 g/mol. The molecule has 4 nitrogen and oxygen atoms in total. The number of hydrogen-bond donors (Lipinski definition) is 0. The van der Waals surface area contributed by atoms with E-state index in [0.29, 0.717) is 0 Å². The summed E-state index contributed by atoms with van der Waals surface area (Å²) in [7, 11) is 0. The molecule has 1 heterocycles.